The van der Waals surface area contributed by atoms with Crippen molar-refractivity contribution in [2.45, 2.75) is 51.1 Å². The lowest BCUT2D eigenvalue weighted by Crippen LogP contribution is -2.25. The monoisotopic (exact) mass is 404 g/mol. The Morgan fingerprint density at radius 3 is 2.62 bits per heavy atom. The second kappa shape index (κ2) is 9.13. The molecule has 4 rings (SSSR count). The minimum Gasteiger partial charge on any atom is -0.343 e. The Kier molecular flexibility index (Phi) is 6.58. The number of hydrogen-bond donors (Lipinski definition) is 3. The second-order valence-electron chi connectivity index (χ2n) is 7.18. The molecule has 1 amide bonds. The minimum absolute atomic E-state index is 0.118. The zero-order valence-electron chi connectivity index (χ0n) is 16.4. The molecule has 9 heteroatoms. The zero-order chi connectivity index (χ0) is 20.9. The first-order valence-corrected chi connectivity index (χ1v) is 9.69. The standard InChI is InChI=1S/C14H16N6O.C6H10F2/c1-20-12(4-5-17-20)14(21)16-8-13-18-10-3-2-9(7-15)6-11(10)19-13;7-6(8)4-2-1-3-5-6/h2-6H,7-8,15H2,1H3,(H,16,21)(H,18,19);1-5H2. The molecule has 3 aromatic rings. The van der Waals surface area contributed by atoms with E-state index < -0.39 is 5.92 Å². The molecule has 156 valence electrons. The Morgan fingerprint density at radius 2 is 2.03 bits per heavy atom. The highest BCUT2D eigenvalue weighted by atomic mass is 19.3. The molecule has 1 aromatic carbocycles. The summed E-state index contributed by atoms with van der Waals surface area (Å²) in [6.45, 7) is 0.818. The number of fused-ring (bicyclic) bond motifs is 1. The summed E-state index contributed by atoms with van der Waals surface area (Å²) in [6, 6.07) is 7.50. The number of aromatic amines is 1. The van der Waals surface area contributed by atoms with Gasteiger partial charge in [-0.2, -0.15) is 5.10 Å². The maximum atomic E-state index is 12.2. The topological polar surface area (TPSA) is 102 Å². The van der Waals surface area contributed by atoms with Crippen molar-refractivity contribution < 1.29 is 13.6 Å². The van der Waals surface area contributed by atoms with Crippen LogP contribution in [0.3, 0.4) is 0 Å². The highest BCUT2D eigenvalue weighted by Gasteiger charge is 2.30. The van der Waals surface area contributed by atoms with Crippen LogP contribution in [0.2, 0.25) is 0 Å². The number of halogens is 2. The maximum absolute atomic E-state index is 12.2. The predicted octanol–water partition coefficient (Wildman–Crippen LogP) is 3.27. The van der Waals surface area contributed by atoms with Crippen LogP contribution in [-0.4, -0.2) is 31.6 Å². The molecular weight excluding hydrogens is 378 g/mol. The number of nitrogens with one attached hydrogen (secondary N) is 2. The lowest BCUT2D eigenvalue weighted by molar-refractivity contribution is -0.0337. The van der Waals surface area contributed by atoms with Crippen molar-refractivity contribution in [2.24, 2.45) is 12.8 Å². The fourth-order valence-corrected chi connectivity index (χ4v) is 3.24. The lowest BCUT2D eigenvalue weighted by Gasteiger charge is -2.20. The second-order valence-corrected chi connectivity index (χ2v) is 7.18. The minimum atomic E-state index is -2.32. The summed E-state index contributed by atoms with van der Waals surface area (Å²) in [5.74, 6) is -1.80. The molecular formula is C20H26F2N6O. The molecule has 0 atom stereocenters. The molecule has 7 nitrogen and oxygen atoms in total. The van der Waals surface area contributed by atoms with Crippen LogP contribution in [0.5, 0.6) is 0 Å². The number of aryl methyl sites for hydroxylation is 1. The normalized spacial score (nSPS) is 15.6. The van der Waals surface area contributed by atoms with Crippen LogP contribution in [0.15, 0.2) is 30.5 Å². The van der Waals surface area contributed by atoms with Gasteiger partial charge in [0.2, 0.25) is 5.92 Å². The smallest absolute Gasteiger partial charge is 0.269 e. The van der Waals surface area contributed by atoms with E-state index in [0.29, 0.717) is 37.4 Å². The fourth-order valence-electron chi connectivity index (χ4n) is 3.24. The summed E-state index contributed by atoms with van der Waals surface area (Å²) < 4.78 is 25.9. The third-order valence-electron chi connectivity index (χ3n) is 4.89. The number of benzene rings is 1. The number of aromatic nitrogens is 4. The van der Waals surface area contributed by atoms with Gasteiger partial charge >= 0.3 is 0 Å². The van der Waals surface area contributed by atoms with E-state index in [0.717, 1.165) is 23.0 Å². The molecule has 2 heterocycles. The molecule has 0 saturated heterocycles. The van der Waals surface area contributed by atoms with Crippen molar-refractivity contribution in [3.63, 3.8) is 0 Å². The summed E-state index contributed by atoms with van der Waals surface area (Å²) in [6.07, 6.45) is 4.25. The highest BCUT2D eigenvalue weighted by molar-refractivity contribution is 5.92. The average molecular weight is 404 g/mol. The van der Waals surface area contributed by atoms with Crippen molar-refractivity contribution in [3.8, 4) is 0 Å². The van der Waals surface area contributed by atoms with E-state index in [1.54, 1.807) is 19.3 Å². The number of H-pyrrole nitrogens is 1. The van der Waals surface area contributed by atoms with Gasteiger partial charge in [0, 0.05) is 32.6 Å². The van der Waals surface area contributed by atoms with Crippen molar-refractivity contribution in [1.29, 1.82) is 0 Å². The molecule has 0 unspecified atom stereocenters. The van der Waals surface area contributed by atoms with E-state index in [-0.39, 0.29) is 18.7 Å². The summed E-state index contributed by atoms with van der Waals surface area (Å²) in [5.41, 5.74) is 8.94. The van der Waals surface area contributed by atoms with Crippen LogP contribution in [0, 0.1) is 0 Å². The quantitative estimate of drug-likeness (QED) is 0.621. The third-order valence-corrected chi connectivity index (χ3v) is 4.89. The number of alkyl halides is 2. The van der Waals surface area contributed by atoms with Gasteiger partial charge in [-0.05, 0) is 36.6 Å². The first-order valence-electron chi connectivity index (χ1n) is 9.69. The Hall–Kier alpha value is -2.81. The van der Waals surface area contributed by atoms with E-state index in [1.165, 1.54) is 4.68 Å². The lowest BCUT2D eigenvalue weighted by atomic mass is 9.97. The molecule has 29 heavy (non-hydrogen) atoms. The number of carbonyl (C=O) groups excluding carboxylic acids is 1. The molecule has 0 spiro atoms. The summed E-state index contributed by atoms with van der Waals surface area (Å²) in [7, 11) is 1.73. The molecule has 1 aliphatic carbocycles. The number of amides is 1. The molecule has 2 aromatic heterocycles. The Labute approximate surface area is 167 Å². The van der Waals surface area contributed by atoms with Crippen LogP contribution < -0.4 is 11.1 Å². The number of rotatable bonds is 4. The summed E-state index contributed by atoms with van der Waals surface area (Å²) in [4.78, 5) is 19.6. The maximum Gasteiger partial charge on any atom is 0.269 e. The molecule has 0 bridgehead atoms. The fraction of sp³-hybridized carbons (Fsp3) is 0.450. The van der Waals surface area contributed by atoms with Gasteiger partial charge in [0.15, 0.2) is 0 Å². The van der Waals surface area contributed by atoms with E-state index >= 15 is 0 Å². The summed E-state index contributed by atoms with van der Waals surface area (Å²) >= 11 is 0. The molecule has 0 radical (unpaired) electrons. The Balaban J connectivity index is 0.000000252. The van der Waals surface area contributed by atoms with Crippen molar-refractivity contribution in [3.05, 3.63) is 47.5 Å². The van der Waals surface area contributed by atoms with Crippen molar-refractivity contribution >= 4 is 16.9 Å². The van der Waals surface area contributed by atoms with E-state index in [2.05, 4.69) is 20.4 Å². The van der Waals surface area contributed by atoms with Gasteiger partial charge in [0.05, 0.1) is 17.6 Å². The van der Waals surface area contributed by atoms with Gasteiger partial charge in [0.25, 0.3) is 5.91 Å². The van der Waals surface area contributed by atoms with Gasteiger partial charge in [-0.3, -0.25) is 9.48 Å². The molecule has 1 fully saturated rings. The number of imidazole rings is 1. The molecule has 0 aliphatic heterocycles. The highest BCUT2D eigenvalue weighted by Crippen LogP contribution is 2.32. The molecule has 1 saturated carbocycles. The average Bonchev–Trinajstić information content (AvgIpc) is 3.31. The third kappa shape index (κ3) is 5.60. The summed E-state index contributed by atoms with van der Waals surface area (Å²) in [5, 5.41) is 6.78. The number of carbonyl (C=O) groups is 1. The Bertz CT molecular complexity index is 957. The van der Waals surface area contributed by atoms with Gasteiger partial charge in [-0.15, -0.1) is 0 Å². The van der Waals surface area contributed by atoms with Gasteiger partial charge in [-0.25, -0.2) is 13.8 Å². The number of nitrogens with two attached hydrogens (primary N) is 1. The van der Waals surface area contributed by atoms with E-state index in [9.17, 15) is 13.6 Å². The molecule has 1 aliphatic rings. The van der Waals surface area contributed by atoms with Crippen LogP contribution in [0.1, 0.15) is 54.0 Å². The van der Waals surface area contributed by atoms with Crippen LogP contribution >= 0.6 is 0 Å². The van der Waals surface area contributed by atoms with E-state index in [4.69, 9.17) is 5.73 Å². The van der Waals surface area contributed by atoms with Gasteiger partial charge in [-0.1, -0.05) is 12.5 Å². The Morgan fingerprint density at radius 1 is 1.28 bits per heavy atom. The SMILES string of the molecule is Cn1nccc1C(=O)NCc1nc2ccc(CN)cc2[nH]1.FC1(F)CCCCC1. The van der Waals surface area contributed by atoms with Gasteiger partial charge < -0.3 is 16.0 Å². The van der Waals surface area contributed by atoms with Crippen molar-refractivity contribution in [1.82, 2.24) is 25.1 Å². The first-order chi connectivity index (χ1) is 13.9. The molecule has 4 N–H and O–H groups in total. The largest absolute Gasteiger partial charge is 0.343 e. The predicted molar refractivity (Wildman–Crippen MR) is 106 cm³/mol. The number of hydrogen-bond acceptors (Lipinski definition) is 4. The van der Waals surface area contributed by atoms with Crippen molar-refractivity contribution in [2.75, 3.05) is 0 Å². The van der Waals surface area contributed by atoms with Crippen LogP contribution in [0.4, 0.5) is 8.78 Å². The zero-order valence-corrected chi connectivity index (χ0v) is 16.4. The van der Waals surface area contributed by atoms with Crippen LogP contribution in [0.25, 0.3) is 11.0 Å². The van der Waals surface area contributed by atoms with Crippen LogP contribution in [-0.2, 0) is 20.1 Å². The van der Waals surface area contributed by atoms with Gasteiger partial charge in [0.1, 0.15) is 11.5 Å². The number of nitrogens with zero attached hydrogens (tertiary/aromatic N) is 3. The van der Waals surface area contributed by atoms with E-state index in [1.807, 2.05) is 18.2 Å². The first kappa shape index (κ1) is 20.9.